The SMILES string of the molecule is CCOc1ncccc1C(=O)OCC(=O)c1cc(C)n(Cc2ccc(F)cc2)c1C. The number of hydrogen-bond acceptors (Lipinski definition) is 5. The Morgan fingerprint density at radius 2 is 1.83 bits per heavy atom. The molecule has 0 saturated heterocycles. The Morgan fingerprint density at radius 1 is 1.10 bits per heavy atom. The molecule has 0 aliphatic carbocycles. The third kappa shape index (κ3) is 4.74. The van der Waals surface area contributed by atoms with Gasteiger partial charge in [-0.25, -0.2) is 14.2 Å². The van der Waals surface area contributed by atoms with Crippen molar-refractivity contribution in [2.75, 3.05) is 13.2 Å². The maximum absolute atomic E-state index is 13.1. The molecule has 0 fully saturated rings. The largest absolute Gasteiger partial charge is 0.477 e. The van der Waals surface area contributed by atoms with Crippen LogP contribution in [0.5, 0.6) is 5.88 Å². The van der Waals surface area contributed by atoms with Crippen LogP contribution in [0.3, 0.4) is 0 Å². The van der Waals surface area contributed by atoms with Gasteiger partial charge in [-0.2, -0.15) is 0 Å². The van der Waals surface area contributed by atoms with E-state index in [9.17, 15) is 14.0 Å². The first-order valence-electron chi connectivity index (χ1n) is 9.60. The van der Waals surface area contributed by atoms with E-state index in [4.69, 9.17) is 9.47 Å². The molecule has 0 unspecified atom stereocenters. The lowest BCUT2D eigenvalue weighted by Gasteiger charge is -2.10. The van der Waals surface area contributed by atoms with Crippen molar-refractivity contribution < 1.29 is 23.5 Å². The van der Waals surface area contributed by atoms with Crippen molar-refractivity contribution in [3.05, 3.63) is 82.6 Å². The number of Topliss-reactive ketones (excluding diaryl/α,β-unsaturated/α-hetero) is 1. The minimum absolute atomic E-state index is 0.175. The van der Waals surface area contributed by atoms with Gasteiger partial charge >= 0.3 is 5.97 Å². The van der Waals surface area contributed by atoms with E-state index in [0.717, 1.165) is 17.0 Å². The van der Waals surface area contributed by atoms with Crippen LogP contribution in [-0.4, -0.2) is 34.5 Å². The van der Waals surface area contributed by atoms with Gasteiger partial charge < -0.3 is 14.0 Å². The molecule has 0 saturated carbocycles. The number of aryl methyl sites for hydroxylation is 1. The molecule has 30 heavy (non-hydrogen) atoms. The Hall–Kier alpha value is -3.48. The summed E-state index contributed by atoms with van der Waals surface area (Å²) in [6, 6.07) is 11.1. The number of ether oxygens (including phenoxy) is 2. The fourth-order valence-electron chi connectivity index (χ4n) is 3.18. The summed E-state index contributed by atoms with van der Waals surface area (Å²) in [5, 5.41) is 0. The molecule has 0 aliphatic rings. The number of hydrogen-bond donors (Lipinski definition) is 0. The van der Waals surface area contributed by atoms with Gasteiger partial charge in [0.1, 0.15) is 11.4 Å². The van der Waals surface area contributed by atoms with E-state index < -0.39 is 5.97 Å². The van der Waals surface area contributed by atoms with Crippen LogP contribution in [0.25, 0.3) is 0 Å². The summed E-state index contributed by atoms with van der Waals surface area (Å²) in [5.41, 5.74) is 3.22. The summed E-state index contributed by atoms with van der Waals surface area (Å²) >= 11 is 0. The minimum Gasteiger partial charge on any atom is -0.477 e. The number of pyridine rings is 1. The van der Waals surface area contributed by atoms with Crippen molar-refractivity contribution in [2.45, 2.75) is 27.3 Å². The van der Waals surface area contributed by atoms with Crippen molar-refractivity contribution in [1.82, 2.24) is 9.55 Å². The molecule has 7 heteroatoms. The Labute approximate surface area is 174 Å². The van der Waals surface area contributed by atoms with Gasteiger partial charge in [-0.1, -0.05) is 12.1 Å². The van der Waals surface area contributed by atoms with Gasteiger partial charge in [-0.05, 0) is 56.7 Å². The molecule has 6 nitrogen and oxygen atoms in total. The minimum atomic E-state index is -0.667. The first-order chi connectivity index (χ1) is 14.4. The normalized spacial score (nSPS) is 10.7. The summed E-state index contributed by atoms with van der Waals surface area (Å²) in [7, 11) is 0. The molecule has 0 spiro atoms. The third-order valence-corrected chi connectivity index (χ3v) is 4.73. The lowest BCUT2D eigenvalue weighted by atomic mass is 10.1. The molecule has 2 heterocycles. The zero-order valence-corrected chi connectivity index (χ0v) is 17.1. The van der Waals surface area contributed by atoms with Gasteiger partial charge in [0.15, 0.2) is 6.61 Å². The molecule has 0 atom stereocenters. The monoisotopic (exact) mass is 410 g/mol. The fraction of sp³-hybridized carbons (Fsp3) is 0.261. The van der Waals surface area contributed by atoms with E-state index >= 15 is 0 Å². The van der Waals surface area contributed by atoms with Crippen LogP contribution in [0, 0.1) is 19.7 Å². The van der Waals surface area contributed by atoms with E-state index in [1.165, 1.54) is 18.3 Å². The molecule has 0 bridgehead atoms. The van der Waals surface area contributed by atoms with Crippen molar-refractivity contribution >= 4 is 11.8 Å². The topological polar surface area (TPSA) is 70.4 Å². The highest BCUT2D eigenvalue weighted by Crippen LogP contribution is 2.19. The molecule has 0 aliphatic heterocycles. The Kier molecular flexibility index (Phi) is 6.61. The number of carbonyl (C=O) groups is 2. The Bertz CT molecular complexity index is 1060. The molecule has 3 rings (SSSR count). The van der Waals surface area contributed by atoms with Crippen LogP contribution in [-0.2, 0) is 11.3 Å². The third-order valence-electron chi connectivity index (χ3n) is 4.73. The number of aromatic nitrogens is 2. The lowest BCUT2D eigenvalue weighted by molar-refractivity contribution is 0.0469. The second kappa shape index (κ2) is 9.35. The summed E-state index contributed by atoms with van der Waals surface area (Å²) in [4.78, 5) is 29.1. The van der Waals surface area contributed by atoms with Gasteiger partial charge in [0, 0.05) is 29.7 Å². The number of esters is 1. The number of carbonyl (C=O) groups excluding carboxylic acids is 2. The van der Waals surface area contributed by atoms with Crippen molar-refractivity contribution in [3.8, 4) is 5.88 Å². The Balaban J connectivity index is 1.70. The van der Waals surface area contributed by atoms with Crippen LogP contribution < -0.4 is 4.74 Å². The Morgan fingerprint density at radius 3 is 2.53 bits per heavy atom. The first kappa shape index (κ1) is 21.2. The zero-order chi connectivity index (χ0) is 21.7. The number of benzene rings is 1. The van der Waals surface area contributed by atoms with E-state index in [-0.39, 0.29) is 29.7 Å². The highest BCUT2D eigenvalue weighted by molar-refractivity contribution is 6.00. The highest BCUT2D eigenvalue weighted by Gasteiger charge is 2.20. The summed E-state index contributed by atoms with van der Waals surface area (Å²) in [6.07, 6.45) is 1.52. The van der Waals surface area contributed by atoms with Gasteiger partial charge in [-0.15, -0.1) is 0 Å². The van der Waals surface area contributed by atoms with E-state index in [1.807, 2.05) is 18.4 Å². The van der Waals surface area contributed by atoms with Crippen LogP contribution in [0.2, 0.25) is 0 Å². The molecule has 3 aromatic rings. The van der Waals surface area contributed by atoms with Crippen LogP contribution >= 0.6 is 0 Å². The fourth-order valence-corrected chi connectivity index (χ4v) is 3.18. The number of nitrogens with zero attached hydrogens (tertiary/aromatic N) is 2. The van der Waals surface area contributed by atoms with Gasteiger partial charge in [0.05, 0.1) is 6.61 Å². The second-order valence-corrected chi connectivity index (χ2v) is 6.79. The predicted octanol–water partition coefficient (Wildman–Crippen LogP) is 4.13. The standard InChI is InChI=1S/C23H23FN2O4/c1-4-29-22-19(6-5-11-25-22)23(28)30-14-21(27)20-12-15(2)26(16(20)3)13-17-7-9-18(24)10-8-17/h5-12H,4,13-14H2,1-3H3. The second-order valence-electron chi connectivity index (χ2n) is 6.79. The van der Waals surface area contributed by atoms with Crippen LogP contribution in [0.15, 0.2) is 48.7 Å². The molecule has 0 amide bonds. The smallest absolute Gasteiger partial charge is 0.344 e. The maximum atomic E-state index is 13.1. The van der Waals surface area contributed by atoms with Gasteiger partial charge in [0.25, 0.3) is 0 Å². The van der Waals surface area contributed by atoms with Crippen LogP contribution in [0.1, 0.15) is 44.6 Å². The van der Waals surface area contributed by atoms with Gasteiger partial charge in [-0.3, -0.25) is 4.79 Å². The highest BCUT2D eigenvalue weighted by atomic mass is 19.1. The molecule has 1 aromatic carbocycles. The summed E-state index contributed by atoms with van der Waals surface area (Å²) in [6.45, 7) is 5.99. The van der Waals surface area contributed by atoms with E-state index in [0.29, 0.717) is 18.7 Å². The zero-order valence-electron chi connectivity index (χ0n) is 17.1. The van der Waals surface area contributed by atoms with E-state index in [2.05, 4.69) is 4.98 Å². The van der Waals surface area contributed by atoms with Crippen molar-refractivity contribution in [1.29, 1.82) is 0 Å². The van der Waals surface area contributed by atoms with Crippen molar-refractivity contribution in [3.63, 3.8) is 0 Å². The average Bonchev–Trinajstić information content (AvgIpc) is 3.02. The number of rotatable bonds is 8. The molecular formula is C23H23FN2O4. The quantitative estimate of drug-likeness (QED) is 0.413. The molecular weight excluding hydrogens is 387 g/mol. The lowest BCUT2D eigenvalue weighted by Crippen LogP contribution is -2.16. The molecule has 156 valence electrons. The molecule has 0 N–H and O–H groups in total. The molecule has 2 aromatic heterocycles. The van der Waals surface area contributed by atoms with Crippen molar-refractivity contribution in [2.24, 2.45) is 0 Å². The number of ketones is 1. The summed E-state index contributed by atoms with van der Waals surface area (Å²) < 4.78 is 25.6. The van der Waals surface area contributed by atoms with Crippen LogP contribution in [0.4, 0.5) is 4.39 Å². The predicted molar refractivity (Wildman–Crippen MR) is 109 cm³/mol. The first-order valence-corrected chi connectivity index (χ1v) is 9.60. The number of halogens is 1. The maximum Gasteiger partial charge on any atom is 0.344 e. The van der Waals surface area contributed by atoms with E-state index in [1.54, 1.807) is 37.3 Å². The van der Waals surface area contributed by atoms with Gasteiger partial charge in [0.2, 0.25) is 11.7 Å². The molecule has 0 radical (unpaired) electrons. The summed E-state index contributed by atoms with van der Waals surface area (Å²) in [5.74, 6) is -1.09. The average molecular weight is 410 g/mol.